The molecule has 4 rings (SSSR count). The van der Waals surface area contributed by atoms with E-state index in [1.165, 1.54) is 19.2 Å². The number of aromatic nitrogens is 3. The summed E-state index contributed by atoms with van der Waals surface area (Å²) in [6.07, 6.45) is 5.62. The number of amides is 1. The van der Waals surface area contributed by atoms with Gasteiger partial charge in [-0.2, -0.15) is 0 Å². The molecule has 0 bridgehead atoms. The lowest BCUT2D eigenvalue weighted by molar-refractivity contribution is -0.114. The van der Waals surface area contributed by atoms with Gasteiger partial charge in [0, 0.05) is 74.9 Å². The van der Waals surface area contributed by atoms with E-state index in [0.717, 1.165) is 6.26 Å². The zero-order chi connectivity index (χ0) is 27.7. The van der Waals surface area contributed by atoms with Crippen molar-refractivity contribution in [1.29, 1.82) is 0 Å². The number of carbonyl (C=O) groups excluding carboxylic acids is 1. The molecule has 0 atom stereocenters. The van der Waals surface area contributed by atoms with Crippen LogP contribution in [0.3, 0.4) is 0 Å². The maximum Gasteiger partial charge on any atom is 0.222 e. The van der Waals surface area contributed by atoms with Gasteiger partial charge in [-0.25, -0.2) is 18.4 Å². The van der Waals surface area contributed by atoms with E-state index >= 15 is 0 Å². The van der Waals surface area contributed by atoms with Crippen LogP contribution < -0.4 is 15.4 Å². The van der Waals surface area contributed by atoms with Crippen molar-refractivity contribution in [3.05, 3.63) is 48.3 Å². The van der Waals surface area contributed by atoms with Crippen LogP contribution in [-0.4, -0.2) is 60.0 Å². The monoisotopic (exact) mass is 541 g/mol. The number of aliphatic hydroxyl groups is 1. The van der Waals surface area contributed by atoms with Crippen LogP contribution >= 0.6 is 0 Å². The maximum absolute atomic E-state index is 12.4. The van der Waals surface area contributed by atoms with Crippen molar-refractivity contribution < 1.29 is 27.8 Å². The van der Waals surface area contributed by atoms with Crippen LogP contribution in [0.25, 0.3) is 11.3 Å². The summed E-state index contributed by atoms with van der Waals surface area (Å²) in [6.45, 7) is 4.70. The number of nitrogens with zero attached hydrogens (tertiary/aromatic N) is 3. The highest BCUT2D eigenvalue weighted by Crippen LogP contribution is 2.34. The minimum atomic E-state index is -3.65. The highest BCUT2D eigenvalue weighted by molar-refractivity contribution is 7.90. The Balaban J connectivity index is 1.73. The Hall–Kier alpha value is -3.61. The number of carbonyl (C=O) groups is 1. The molecule has 1 fully saturated rings. The number of hydrogen-bond acceptors (Lipinski definition) is 10. The Kier molecular flexibility index (Phi) is 7.68. The second-order valence-electron chi connectivity index (χ2n) is 9.78. The number of rotatable bonds is 9. The number of nitrogens with one attached hydrogen (secondary N) is 2. The minimum absolute atomic E-state index is 0.0936. The number of hydrogen-bond donors (Lipinski definition) is 3. The Bertz CT molecular complexity index is 1430. The highest BCUT2D eigenvalue weighted by Gasteiger charge is 2.31. The fraction of sp³-hybridized carbons (Fsp3) is 0.385. The molecule has 38 heavy (non-hydrogen) atoms. The van der Waals surface area contributed by atoms with Crippen molar-refractivity contribution >= 4 is 33.1 Å². The predicted octanol–water partition coefficient (Wildman–Crippen LogP) is 3.43. The Morgan fingerprint density at radius 2 is 1.82 bits per heavy atom. The molecule has 12 heteroatoms. The molecule has 202 valence electrons. The average Bonchev–Trinajstić information content (AvgIpc) is 2.80. The van der Waals surface area contributed by atoms with Gasteiger partial charge in [0.2, 0.25) is 5.91 Å². The summed E-state index contributed by atoms with van der Waals surface area (Å²) in [7, 11) is -2.00. The van der Waals surface area contributed by atoms with Crippen molar-refractivity contribution in [2.45, 2.75) is 56.4 Å². The molecule has 3 heterocycles. The molecule has 11 nitrogen and oxygen atoms in total. The SMILES string of the molecule is COC1CC(Oc2cc(Nc3cc(NC(C)=O)ncc3-c3ccc(C(C)(C)O)cn3)nc(S(C)(=O)=O)c2)C1. The second-order valence-corrected chi connectivity index (χ2v) is 11.7. The van der Waals surface area contributed by atoms with Crippen molar-refractivity contribution in [3.63, 3.8) is 0 Å². The van der Waals surface area contributed by atoms with Crippen LogP contribution in [0.5, 0.6) is 5.75 Å². The van der Waals surface area contributed by atoms with Gasteiger partial charge in [0.1, 0.15) is 23.5 Å². The molecule has 1 amide bonds. The van der Waals surface area contributed by atoms with Crippen LogP contribution in [0.2, 0.25) is 0 Å². The summed E-state index contributed by atoms with van der Waals surface area (Å²) in [5.74, 6) is 0.562. The predicted molar refractivity (Wildman–Crippen MR) is 142 cm³/mol. The van der Waals surface area contributed by atoms with E-state index < -0.39 is 15.4 Å². The van der Waals surface area contributed by atoms with E-state index in [2.05, 4.69) is 25.6 Å². The van der Waals surface area contributed by atoms with E-state index in [9.17, 15) is 18.3 Å². The minimum Gasteiger partial charge on any atom is -0.490 e. The molecule has 0 aromatic carbocycles. The summed E-state index contributed by atoms with van der Waals surface area (Å²) in [6, 6.07) is 8.11. The zero-order valence-electron chi connectivity index (χ0n) is 21.8. The lowest BCUT2D eigenvalue weighted by Crippen LogP contribution is -2.38. The van der Waals surface area contributed by atoms with E-state index in [1.54, 1.807) is 51.4 Å². The van der Waals surface area contributed by atoms with Crippen LogP contribution in [0.15, 0.2) is 47.8 Å². The number of ether oxygens (including phenoxy) is 2. The topological polar surface area (TPSA) is 153 Å². The Morgan fingerprint density at radius 1 is 1.08 bits per heavy atom. The van der Waals surface area contributed by atoms with Crippen molar-refractivity contribution in [3.8, 4) is 17.0 Å². The summed E-state index contributed by atoms with van der Waals surface area (Å²) >= 11 is 0. The van der Waals surface area contributed by atoms with Gasteiger partial charge in [-0.05, 0) is 19.9 Å². The number of methoxy groups -OCH3 is 1. The average molecular weight is 542 g/mol. The number of anilines is 3. The molecule has 1 saturated carbocycles. The van der Waals surface area contributed by atoms with Crippen LogP contribution in [-0.2, 0) is 25.0 Å². The van der Waals surface area contributed by atoms with Gasteiger partial charge in [0.05, 0.1) is 23.1 Å². The van der Waals surface area contributed by atoms with Crippen molar-refractivity contribution in [2.24, 2.45) is 0 Å². The molecule has 3 N–H and O–H groups in total. The lowest BCUT2D eigenvalue weighted by atomic mass is 9.92. The normalized spacial score (nSPS) is 17.4. The van der Waals surface area contributed by atoms with Crippen LogP contribution in [0, 0.1) is 0 Å². The van der Waals surface area contributed by atoms with Crippen molar-refractivity contribution in [2.75, 3.05) is 24.0 Å². The highest BCUT2D eigenvalue weighted by atomic mass is 32.2. The molecular formula is C26H31N5O6S. The third-order valence-corrected chi connectivity index (χ3v) is 7.03. The third kappa shape index (κ3) is 6.63. The Labute approximate surface area is 221 Å². The molecule has 0 spiro atoms. The first-order chi connectivity index (χ1) is 17.8. The van der Waals surface area contributed by atoms with Gasteiger partial charge in [-0.1, -0.05) is 6.07 Å². The molecule has 3 aromatic rings. The quantitative estimate of drug-likeness (QED) is 0.367. The molecular weight excluding hydrogens is 510 g/mol. The maximum atomic E-state index is 12.4. The molecule has 1 aliphatic rings. The van der Waals surface area contributed by atoms with Gasteiger partial charge in [-0.3, -0.25) is 9.78 Å². The van der Waals surface area contributed by atoms with Gasteiger partial charge in [0.25, 0.3) is 0 Å². The molecule has 0 radical (unpaired) electrons. The summed E-state index contributed by atoms with van der Waals surface area (Å²) < 4.78 is 36.1. The van der Waals surface area contributed by atoms with Gasteiger partial charge in [-0.15, -0.1) is 0 Å². The van der Waals surface area contributed by atoms with E-state index in [-0.39, 0.29) is 34.8 Å². The first-order valence-electron chi connectivity index (χ1n) is 12.0. The van der Waals surface area contributed by atoms with Gasteiger partial charge < -0.3 is 25.2 Å². The van der Waals surface area contributed by atoms with Gasteiger partial charge >= 0.3 is 0 Å². The molecule has 1 aliphatic carbocycles. The standard InChI is InChI=1S/C26H31N5O6S/c1-15(32)29-23-12-22(20(14-28-23)21-7-6-16(13-27-21)26(2,3)33)30-24-10-19(11-25(31-24)38(5,34)35)37-18-8-17(9-18)36-4/h6-7,10-14,17-18,33H,8-9H2,1-5H3,(H2,28,29,30,31,32). The smallest absolute Gasteiger partial charge is 0.222 e. The first-order valence-corrected chi connectivity index (χ1v) is 13.9. The van der Waals surface area contributed by atoms with E-state index in [1.807, 2.05) is 0 Å². The van der Waals surface area contributed by atoms with Crippen LogP contribution in [0.4, 0.5) is 17.3 Å². The molecule has 0 unspecified atom stereocenters. The molecule has 3 aromatic heterocycles. The fourth-order valence-corrected chi connectivity index (χ4v) is 4.46. The van der Waals surface area contributed by atoms with E-state index in [0.29, 0.717) is 41.1 Å². The summed E-state index contributed by atoms with van der Waals surface area (Å²) in [5, 5.41) is 15.9. The first kappa shape index (κ1) is 27.4. The largest absolute Gasteiger partial charge is 0.490 e. The molecule has 0 aliphatic heterocycles. The lowest BCUT2D eigenvalue weighted by Gasteiger charge is -2.34. The van der Waals surface area contributed by atoms with Crippen LogP contribution in [0.1, 0.15) is 39.2 Å². The summed E-state index contributed by atoms with van der Waals surface area (Å²) in [4.78, 5) is 24.7. The van der Waals surface area contributed by atoms with Crippen molar-refractivity contribution in [1.82, 2.24) is 15.0 Å². The molecule has 0 saturated heterocycles. The fourth-order valence-electron chi connectivity index (χ4n) is 3.87. The number of pyridine rings is 3. The summed E-state index contributed by atoms with van der Waals surface area (Å²) in [5.41, 5.74) is 1.15. The Morgan fingerprint density at radius 3 is 2.39 bits per heavy atom. The third-order valence-electron chi connectivity index (χ3n) is 6.06. The van der Waals surface area contributed by atoms with Gasteiger partial charge in [0.15, 0.2) is 14.9 Å². The van der Waals surface area contributed by atoms with E-state index in [4.69, 9.17) is 9.47 Å². The number of sulfone groups is 1. The zero-order valence-corrected chi connectivity index (χ0v) is 22.7. The second kappa shape index (κ2) is 10.6.